The fourth-order valence-electron chi connectivity index (χ4n) is 4.38. The molecule has 2 aliphatic heterocycles. The lowest BCUT2D eigenvalue weighted by molar-refractivity contribution is -0.229. The van der Waals surface area contributed by atoms with Crippen LogP contribution in [0, 0.1) is 0 Å². The minimum atomic E-state index is -1.72. The lowest BCUT2D eigenvalue weighted by Gasteiger charge is -2.25. The van der Waals surface area contributed by atoms with Gasteiger partial charge in [0.15, 0.2) is 35.3 Å². The average molecular weight is 425 g/mol. The number of ether oxygens (including phenoxy) is 4. The molecule has 12 heteroatoms. The topological polar surface area (TPSA) is 178 Å². The predicted octanol–water partition coefficient (Wildman–Crippen LogP) is -0.367. The van der Waals surface area contributed by atoms with Crippen LogP contribution < -0.4 is 10.5 Å². The minimum absolute atomic E-state index is 0. The first-order valence-corrected chi connectivity index (χ1v) is 9.86. The van der Waals surface area contributed by atoms with Crippen LogP contribution in [-0.4, -0.2) is 71.7 Å². The van der Waals surface area contributed by atoms with E-state index in [0.717, 1.165) is 25.7 Å². The van der Waals surface area contributed by atoms with Crippen LogP contribution in [0.2, 0.25) is 0 Å². The zero-order valence-electron chi connectivity index (χ0n) is 16.8. The normalized spacial score (nSPS) is 30.7. The number of nitrogens with zero attached hydrogens (tertiary/aromatic N) is 4. The summed E-state index contributed by atoms with van der Waals surface area (Å²) in [5.74, 6) is -0.676. The third kappa shape index (κ3) is 3.49. The molecule has 1 aliphatic carbocycles. The molecule has 3 aliphatic rings. The average Bonchev–Trinajstić information content (AvgIpc) is 3.38. The van der Waals surface area contributed by atoms with Gasteiger partial charge in [0.05, 0.1) is 6.33 Å². The highest BCUT2D eigenvalue weighted by molar-refractivity contribution is 5.82. The molecule has 166 valence electrons. The van der Waals surface area contributed by atoms with E-state index in [9.17, 15) is 10.2 Å². The van der Waals surface area contributed by atoms with Gasteiger partial charge >= 0.3 is 6.01 Å². The van der Waals surface area contributed by atoms with Gasteiger partial charge in [0.1, 0.15) is 24.4 Å². The molecule has 0 bridgehead atoms. The summed E-state index contributed by atoms with van der Waals surface area (Å²) >= 11 is 0. The van der Waals surface area contributed by atoms with Gasteiger partial charge in [0.25, 0.3) is 0 Å². The molecule has 0 unspecified atom stereocenters. The molecule has 0 radical (unpaired) electrons. The van der Waals surface area contributed by atoms with E-state index in [1.54, 1.807) is 18.4 Å². The standard InChI is InChI=1S/C18H25N5O6.H2O/c1-18(2)28-10-11(29-18)15(27-12(10)16(24)25)23-7-20-9-13(19)21-17(22-14(9)23)26-8-5-3-4-6-8;/h7-8,10-12,15-16,24-25H,3-6H2,1-2H3,(H2,19,21,22);1H2/t10-,11-,12+,15-;/m1./s1. The molecule has 0 amide bonds. The van der Waals surface area contributed by atoms with Gasteiger partial charge in [0.2, 0.25) is 0 Å². The van der Waals surface area contributed by atoms with Gasteiger partial charge in [-0.2, -0.15) is 9.97 Å². The Morgan fingerprint density at radius 3 is 2.60 bits per heavy atom. The SMILES string of the molecule is CC1(C)O[C@@H]2[C@@H](O1)[C@H](n1cnc3c(N)nc(OC4CCCC4)nc31)O[C@@H]2C(O)O.O. The van der Waals surface area contributed by atoms with Crippen molar-refractivity contribution in [1.82, 2.24) is 19.5 Å². The molecule has 1 saturated carbocycles. The van der Waals surface area contributed by atoms with Crippen molar-refractivity contribution in [2.24, 2.45) is 0 Å². The largest absolute Gasteiger partial charge is 0.460 e. The Hall–Kier alpha value is -2.09. The quantitative estimate of drug-likeness (QED) is 0.547. The number of hydrogen-bond acceptors (Lipinski definition) is 10. The van der Waals surface area contributed by atoms with E-state index >= 15 is 0 Å². The Morgan fingerprint density at radius 2 is 1.90 bits per heavy atom. The van der Waals surface area contributed by atoms with Crippen molar-refractivity contribution in [1.29, 1.82) is 0 Å². The van der Waals surface area contributed by atoms with Crippen LogP contribution >= 0.6 is 0 Å². The van der Waals surface area contributed by atoms with Crippen molar-refractivity contribution in [3.63, 3.8) is 0 Å². The molecule has 0 aromatic carbocycles. The van der Waals surface area contributed by atoms with Gasteiger partial charge in [-0.15, -0.1) is 0 Å². The molecule has 30 heavy (non-hydrogen) atoms. The minimum Gasteiger partial charge on any atom is -0.460 e. The van der Waals surface area contributed by atoms with Gasteiger partial charge in [-0.3, -0.25) is 4.57 Å². The summed E-state index contributed by atoms with van der Waals surface area (Å²) in [7, 11) is 0. The Bertz CT molecular complexity index is 914. The second-order valence-electron chi connectivity index (χ2n) is 8.21. The third-order valence-electron chi connectivity index (χ3n) is 5.64. The number of imidazole rings is 1. The second-order valence-corrected chi connectivity index (χ2v) is 8.21. The van der Waals surface area contributed by atoms with E-state index in [-0.39, 0.29) is 23.4 Å². The summed E-state index contributed by atoms with van der Waals surface area (Å²) in [5.41, 5.74) is 6.92. The molecule has 2 aromatic rings. The van der Waals surface area contributed by atoms with E-state index in [1.165, 1.54) is 6.33 Å². The van der Waals surface area contributed by atoms with Crippen LogP contribution in [0.4, 0.5) is 5.82 Å². The number of rotatable bonds is 4. The number of nitrogen functional groups attached to an aromatic ring is 1. The number of nitrogens with two attached hydrogens (primary N) is 1. The lowest BCUT2D eigenvalue weighted by Crippen LogP contribution is -2.38. The first-order valence-electron chi connectivity index (χ1n) is 9.86. The van der Waals surface area contributed by atoms with E-state index in [4.69, 9.17) is 24.7 Å². The molecule has 0 spiro atoms. The monoisotopic (exact) mass is 425 g/mol. The summed E-state index contributed by atoms with van der Waals surface area (Å²) in [6, 6.07) is 0.195. The molecular formula is C18H27N5O7. The van der Waals surface area contributed by atoms with Crippen LogP contribution in [0.15, 0.2) is 6.33 Å². The van der Waals surface area contributed by atoms with E-state index in [2.05, 4.69) is 15.0 Å². The highest BCUT2D eigenvalue weighted by Gasteiger charge is 2.58. The van der Waals surface area contributed by atoms with Crippen molar-refractivity contribution in [2.45, 2.75) is 82.3 Å². The number of anilines is 1. The Morgan fingerprint density at radius 1 is 1.20 bits per heavy atom. The molecule has 5 rings (SSSR count). The Balaban J connectivity index is 0.00000218. The molecule has 3 fully saturated rings. The van der Waals surface area contributed by atoms with Crippen LogP contribution in [-0.2, 0) is 14.2 Å². The van der Waals surface area contributed by atoms with Gasteiger partial charge < -0.3 is 40.4 Å². The van der Waals surface area contributed by atoms with E-state index in [0.29, 0.717) is 11.2 Å². The van der Waals surface area contributed by atoms with Crippen molar-refractivity contribution in [2.75, 3.05) is 5.73 Å². The Labute approximate surface area is 172 Å². The first kappa shape index (κ1) is 21.2. The lowest BCUT2D eigenvalue weighted by atomic mass is 10.1. The highest BCUT2D eigenvalue weighted by Crippen LogP contribution is 2.44. The van der Waals surface area contributed by atoms with E-state index < -0.39 is 36.6 Å². The smallest absolute Gasteiger partial charge is 0.320 e. The second kappa shape index (κ2) is 7.55. The molecular weight excluding hydrogens is 398 g/mol. The summed E-state index contributed by atoms with van der Waals surface area (Å²) in [6.07, 6.45) is 1.12. The molecule has 12 nitrogen and oxygen atoms in total. The zero-order chi connectivity index (χ0) is 20.3. The van der Waals surface area contributed by atoms with E-state index in [1.807, 2.05) is 0 Å². The Kier molecular flexibility index (Phi) is 5.33. The first-order chi connectivity index (χ1) is 13.8. The molecule has 6 N–H and O–H groups in total. The number of hydrogen-bond donors (Lipinski definition) is 3. The van der Waals surface area contributed by atoms with Gasteiger partial charge in [0, 0.05) is 0 Å². The van der Waals surface area contributed by atoms with Gasteiger partial charge in [-0.25, -0.2) is 4.98 Å². The fraction of sp³-hybridized carbons (Fsp3) is 0.722. The maximum Gasteiger partial charge on any atom is 0.320 e. The summed E-state index contributed by atoms with van der Waals surface area (Å²) < 4.78 is 25.3. The number of fused-ring (bicyclic) bond motifs is 2. The summed E-state index contributed by atoms with van der Waals surface area (Å²) in [4.78, 5) is 13.1. The summed E-state index contributed by atoms with van der Waals surface area (Å²) in [5, 5.41) is 19.5. The molecule has 4 atom stereocenters. The van der Waals surface area contributed by atoms with Gasteiger partial charge in [-0.05, 0) is 39.5 Å². The van der Waals surface area contributed by atoms with Crippen molar-refractivity contribution in [3.8, 4) is 6.01 Å². The predicted molar refractivity (Wildman–Crippen MR) is 102 cm³/mol. The van der Waals surface area contributed by atoms with Gasteiger partial charge in [-0.1, -0.05) is 0 Å². The molecule has 2 saturated heterocycles. The van der Waals surface area contributed by atoms with Crippen LogP contribution in [0.25, 0.3) is 11.2 Å². The third-order valence-corrected chi connectivity index (χ3v) is 5.64. The van der Waals surface area contributed by atoms with Crippen molar-refractivity contribution in [3.05, 3.63) is 6.33 Å². The molecule has 2 aromatic heterocycles. The molecule has 4 heterocycles. The zero-order valence-corrected chi connectivity index (χ0v) is 16.8. The number of aliphatic hydroxyl groups is 2. The fourth-order valence-corrected chi connectivity index (χ4v) is 4.38. The number of aliphatic hydroxyl groups excluding tert-OH is 1. The maximum absolute atomic E-state index is 9.75. The highest BCUT2D eigenvalue weighted by atomic mass is 16.8. The van der Waals surface area contributed by atoms with Crippen LogP contribution in [0.5, 0.6) is 6.01 Å². The van der Waals surface area contributed by atoms with Crippen molar-refractivity contribution < 1.29 is 34.6 Å². The number of aromatic nitrogens is 4. The van der Waals surface area contributed by atoms with Crippen LogP contribution in [0.3, 0.4) is 0 Å². The summed E-state index contributed by atoms with van der Waals surface area (Å²) in [6.45, 7) is 3.53. The van der Waals surface area contributed by atoms with Crippen LogP contribution in [0.1, 0.15) is 45.8 Å². The maximum atomic E-state index is 9.75. The van der Waals surface area contributed by atoms with Crippen molar-refractivity contribution >= 4 is 17.0 Å².